The van der Waals surface area contributed by atoms with Gasteiger partial charge in [0.2, 0.25) is 0 Å². The first-order valence-electron chi connectivity index (χ1n) is 5.83. The van der Waals surface area contributed by atoms with E-state index in [0.29, 0.717) is 27.9 Å². The van der Waals surface area contributed by atoms with Crippen LogP contribution in [0.3, 0.4) is 0 Å². The van der Waals surface area contributed by atoms with Gasteiger partial charge >= 0.3 is 0 Å². The number of halogens is 1. The second-order valence-corrected chi connectivity index (χ2v) is 4.22. The van der Waals surface area contributed by atoms with Crippen LogP contribution in [-0.4, -0.2) is 21.6 Å². The SMILES string of the molecule is COc1ccc2nc3ccc(CO)cn3c(=O)c2c1.Cl. The Labute approximate surface area is 120 Å². The van der Waals surface area contributed by atoms with Gasteiger partial charge < -0.3 is 9.84 Å². The van der Waals surface area contributed by atoms with Crippen LogP contribution in [0.2, 0.25) is 0 Å². The molecular formula is C14H13ClN2O3. The summed E-state index contributed by atoms with van der Waals surface area (Å²) in [6.07, 6.45) is 1.60. The van der Waals surface area contributed by atoms with Gasteiger partial charge in [-0.25, -0.2) is 4.98 Å². The van der Waals surface area contributed by atoms with Crippen molar-refractivity contribution >= 4 is 29.0 Å². The molecule has 0 fully saturated rings. The first-order valence-corrected chi connectivity index (χ1v) is 5.83. The van der Waals surface area contributed by atoms with Crippen LogP contribution in [0.1, 0.15) is 5.56 Å². The van der Waals surface area contributed by atoms with E-state index in [1.165, 1.54) is 4.40 Å². The van der Waals surface area contributed by atoms with Crippen molar-refractivity contribution in [1.29, 1.82) is 0 Å². The maximum absolute atomic E-state index is 12.4. The smallest absolute Gasteiger partial charge is 0.265 e. The van der Waals surface area contributed by atoms with E-state index in [0.717, 1.165) is 0 Å². The summed E-state index contributed by atoms with van der Waals surface area (Å²) in [4.78, 5) is 16.8. The highest BCUT2D eigenvalue weighted by Gasteiger charge is 2.07. The maximum atomic E-state index is 12.4. The average molecular weight is 293 g/mol. The topological polar surface area (TPSA) is 63.8 Å². The number of aliphatic hydroxyl groups excluding tert-OH is 1. The maximum Gasteiger partial charge on any atom is 0.265 e. The molecular weight excluding hydrogens is 280 g/mol. The van der Waals surface area contributed by atoms with Crippen molar-refractivity contribution < 1.29 is 9.84 Å². The largest absolute Gasteiger partial charge is 0.497 e. The van der Waals surface area contributed by atoms with E-state index in [-0.39, 0.29) is 24.6 Å². The van der Waals surface area contributed by atoms with Crippen LogP contribution in [0.15, 0.2) is 41.3 Å². The van der Waals surface area contributed by atoms with Gasteiger partial charge in [-0.15, -0.1) is 12.4 Å². The number of benzene rings is 1. The zero-order chi connectivity index (χ0) is 13.4. The number of pyridine rings is 1. The Kier molecular flexibility index (Phi) is 3.92. The predicted molar refractivity (Wildman–Crippen MR) is 78.7 cm³/mol. The molecule has 3 rings (SSSR count). The molecule has 1 N–H and O–H groups in total. The molecule has 5 nitrogen and oxygen atoms in total. The monoisotopic (exact) mass is 292 g/mol. The Morgan fingerprint density at radius 2 is 2.10 bits per heavy atom. The van der Waals surface area contributed by atoms with Crippen LogP contribution in [0, 0.1) is 0 Å². The van der Waals surface area contributed by atoms with Gasteiger partial charge in [0.15, 0.2) is 0 Å². The average Bonchev–Trinajstić information content (AvgIpc) is 2.47. The molecule has 3 aromatic rings. The Hall–Kier alpha value is -2.11. The van der Waals surface area contributed by atoms with Gasteiger partial charge in [0.25, 0.3) is 5.56 Å². The first kappa shape index (κ1) is 14.3. The molecule has 0 aliphatic heterocycles. The molecule has 20 heavy (non-hydrogen) atoms. The van der Waals surface area contributed by atoms with Crippen molar-refractivity contribution in [1.82, 2.24) is 9.38 Å². The lowest BCUT2D eigenvalue weighted by molar-refractivity contribution is 0.281. The number of hydrogen-bond donors (Lipinski definition) is 1. The summed E-state index contributed by atoms with van der Waals surface area (Å²) in [5, 5.41) is 9.62. The highest BCUT2D eigenvalue weighted by molar-refractivity contribution is 5.85. The zero-order valence-electron chi connectivity index (χ0n) is 10.7. The Bertz CT molecular complexity index is 765. The van der Waals surface area contributed by atoms with Crippen molar-refractivity contribution in [3.05, 3.63) is 52.4 Å². The summed E-state index contributed by atoms with van der Waals surface area (Å²) in [5.74, 6) is 0.615. The van der Waals surface area contributed by atoms with E-state index >= 15 is 0 Å². The number of rotatable bonds is 2. The fourth-order valence-electron chi connectivity index (χ4n) is 2.05. The van der Waals surface area contributed by atoms with Crippen molar-refractivity contribution in [3.8, 4) is 5.75 Å². The van der Waals surface area contributed by atoms with Gasteiger partial charge in [-0.3, -0.25) is 9.20 Å². The number of aliphatic hydroxyl groups is 1. The van der Waals surface area contributed by atoms with Gasteiger partial charge in [0.05, 0.1) is 24.6 Å². The van der Waals surface area contributed by atoms with Crippen molar-refractivity contribution in [3.63, 3.8) is 0 Å². The highest BCUT2D eigenvalue weighted by atomic mass is 35.5. The highest BCUT2D eigenvalue weighted by Crippen LogP contribution is 2.17. The Morgan fingerprint density at radius 1 is 1.30 bits per heavy atom. The van der Waals surface area contributed by atoms with Gasteiger partial charge in [-0.05, 0) is 29.8 Å². The molecule has 0 atom stereocenters. The summed E-state index contributed by atoms with van der Waals surface area (Å²) in [6.45, 7) is -0.113. The molecule has 0 aliphatic rings. The minimum atomic E-state index is -0.172. The van der Waals surface area contributed by atoms with Crippen LogP contribution in [0.5, 0.6) is 5.75 Å². The van der Waals surface area contributed by atoms with E-state index in [4.69, 9.17) is 9.84 Å². The molecule has 104 valence electrons. The van der Waals surface area contributed by atoms with E-state index < -0.39 is 0 Å². The lowest BCUT2D eigenvalue weighted by Crippen LogP contribution is -2.15. The number of hydrogen-bond acceptors (Lipinski definition) is 4. The van der Waals surface area contributed by atoms with Gasteiger partial charge in [0, 0.05) is 6.20 Å². The number of fused-ring (bicyclic) bond motifs is 2. The Morgan fingerprint density at radius 3 is 2.80 bits per heavy atom. The van der Waals surface area contributed by atoms with Crippen LogP contribution >= 0.6 is 12.4 Å². The number of aromatic nitrogens is 2. The molecule has 0 aliphatic carbocycles. The molecule has 6 heteroatoms. The standard InChI is InChI=1S/C14H12N2O3.ClH/c1-19-10-3-4-12-11(6-10)14(18)16-7-9(8-17)2-5-13(16)15-12;/h2-7,17H,8H2,1H3;1H. The van der Waals surface area contributed by atoms with Crippen molar-refractivity contribution in [2.45, 2.75) is 6.61 Å². The van der Waals surface area contributed by atoms with Crippen LogP contribution in [0.4, 0.5) is 0 Å². The first-order chi connectivity index (χ1) is 9.22. The second-order valence-electron chi connectivity index (χ2n) is 4.22. The van der Waals surface area contributed by atoms with Crippen LogP contribution in [0.25, 0.3) is 16.6 Å². The molecule has 0 saturated heterocycles. The Balaban J connectivity index is 0.00000147. The number of methoxy groups -OCH3 is 1. The third-order valence-electron chi connectivity index (χ3n) is 3.06. The van der Waals surface area contributed by atoms with Gasteiger partial charge in [0.1, 0.15) is 11.4 Å². The summed E-state index contributed by atoms with van der Waals surface area (Å²) in [6, 6.07) is 8.67. The van der Waals surface area contributed by atoms with Gasteiger partial charge in [-0.2, -0.15) is 0 Å². The lowest BCUT2D eigenvalue weighted by Gasteiger charge is -2.06. The van der Waals surface area contributed by atoms with Crippen LogP contribution < -0.4 is 10.3 Å². The lowest BCUT2D eigenvalue weighted by atomic mass is 10.2. The fourth-order valence-corrected chi connectivity index (χ4v) is 2.05. The third-order valence-corrected chi connectivity index (χ3v) is 3.06. The van der Waals surface area contributed by atoms with E-state index in [1.54, 1.807) is 43.6 Å². The van der Waals surface area contributed by atoms with E-state index in [9.17, 15) is 4.79 Å². The summed E-state index contributed by atoms with van der Waals surface area (Å²) >= 11 is 0. The molecule has 0 unspecified atom stereocenters. The minimum Gasteiger partial charge on any atom is -0.497 e. The summed E-state index contributed by atoms with van der Waals surface area (Å²) in [7, 11) is 1.55. The number of ether oxygens (including phenoxy) is 1. The quantitative estimate of drug-likeness (QED) is 0.731. The van der Waals surface area contributed by atoms with Crippen molar-refractivity contribution in [2.75, 3.05) is 7.11 Å². The predicted octanol–water partition coefficient (Wildman–Crippen LogP) is 1.77. The van der Waals surface area contributed by atoms with E-state index in [1.807, 2.05) is 0 Å². The molecule has 2 heterocycles. The summed E-state index contributed by atoms with van der Waals surface area (Å²) in [5.41, 5.74) is 1.68. The fraction of sp³-hybridized carbons (Fsp3) is 0.143. The molecule has 0 amide bonds. The molecule has 0 bridgehead atoms. The summed E-state index contributed by atoms with van der Waals surface area (Å²) < 4.78 is 6.56. The van der Waals surface area contributed by atoms with Crippen molar-refractivity contribution in [2.24, 2.45) is 0 Å². The van der Waals surface area contributed by atoms with Gasteiger partial charge in [-0.1, -0.05) is 6.07 Å². The minimum absolute atomic E-state index is 0. The number of nitrogens with zero attached hydrogens (tertiary/aromatic N) is 2. The third kappa shape index (κ3) is 2.21. The zero-order valence-corrected chi connectivity index (χ0v) is 11.6. The molecule has 0 spiro atoms. The molecule has 1 aromatic carbocycles. The van der Waals surface area contributed by atoms with E-state index in [2.05, 4.69) is 4.98 Å². The molecule has 0 radical (unpaired) electrons. The van der Waals surface area contributed by atoms with Crippen LogP contribution in [-0.2, 0) is 6.61 Å². The normalized spacial score (nSPS) is 10.5. The second kappa shape index (κ2) is 5.48. The molecule has 0 saturated carbocycles. The molecule has 2 aromatic heterocycles.